The molecule has 0 aliphatic heterocycles. The summed E-state index contributed by atoms with van der Waals surface area (Å²) in [5, 5.41) is 16.5. The highest BCUT2D eigenvalue weighted by Gasteiger charge is 2.11. The Morgan fingerprint density at radius 2 is 2.00 bits per heavy atom. The number of aromatic nitrogens is 2. The first-order valence-corrected chi connectivity index (χ1v) is 13.1. The molecule has 0 atom stereocenters. The Balaban J connectivity index is 2.05. The lowest BCUT2D eigenvalue weighted by molar-refractivity contribution is 0.122. The van der Waals surface area contributed by atoms with Crippen LogP contribution in [0, 0.1) is 0 Å². The largest absolute Gasteiger partial charge is 0.396 e. The standard InChI is InChI=1S/C28H47N5O2/c1-7-22(4)19-26(23(5)13-17-34)30-21-24-11-12-25-27(20-24)33(8-2)28(31-25)29-14-10-15-32(6)16-18-35-9-3/h11-12,19-20,30,34H,7-10,13-18,21H2,1-6H3,(H,29,31)/b22-19-,26-23-. The molecule has 7 nitrogen and oxygen atoms in total. The topological polar surface area (TPSA) is 74.6 Å². The van der Waals surface area contributed by atoms with Crippen LogP contribution in [-0.4, -0.2) is 66.1 Å². The fourth-order valence-electron chi connectivity index (χ4n) is 3.93. The number of allylic oxidation sites excluding steroid dienone is 2. The zero-order chi connectivity index (χ0) is 25.6. The van der Waals surface area contributed by atoms with Crippen LogP contribution in [0.2, 0.25) is 0 Å². The second-order valence-corrected chi connectivity index (χ2v) is 9.15. The molecule has 0 spiro atoms. The van der Waals surface area contributed by atoms with Crippen molar-refractivity contribution in [3.63, 3.8) is 0 Å². The lowest BCUT2D eigenvalue weighted by Gasteiger charge is -2.16. The SMILES string of the molecule is CCOCCN(C)CCCNc1nc2ccc(CNC(/C=C(/C)CC)=C(/C)CCO)cc2n1CC. The highest BCUT2D eigenvalue weighted by molar-refractivity contribution is 5.79. The Hall–Kier alpha value is -2.35. The van der Waals surface area contributed by atoms with Crippen LogP contribution < -0.4 is 10.6 Å². The van der Waals surface area contributed by atoms with Crippen molar-refractivity contribution in [3.8, 4) is 0 Å². The van der Waals surface area contributed by atoms with E-state index in [4.69, 9.17) is 9.72 Å². The van der Waals surface area contributed by atoms with E-state index < -0.39 is 0 Å². The Morgan fingerprint density at radius 3 is 2.69 bits per heavy atom. The van der Waals surface area contributed by atoms with E-state index in [0.29, 0.717) is 6.42 Å². The maximum atomic E-state index is 9.38. The van der Waals surface area contributed by atoms with Crippen LogP contribution in [0.3, 0.4) is 0 Å². The van der Waals surface area contributed by atoms with Crippen LogP contribution in [0.4, 0.5) is 5.95 Å². The monoisotopic (exact) mass is 485 g/mol. The molecule has 7 heteroatoms. The maximum absolute atomic E-state index is 9.38. The van der Waals surface area contributed by atoms with Crippen molar-refractivity contribution < 1.29 is 9.84 Å². The summed E-state index contributed by atoms with van der Waals surface area (Å²) in [5.41, 5.74) is 6.99. The molecule has 0 amide bonds. The van der Waals surface area contributed by atoms with Crippen molar-refractivity contribution in [1.82, 2.24) is 19.8 Å². The van der Waals surface area contributed by atoms with E-state index in [0.717, 1.165) is 81.5 Å². The number of ether oxygens (including phenoxy) is 1. The smallest absolute Gasteiger partial charge is 0.203 e. The molecule has 1 heterocycles. The zero-order valence-electron chi connectivity index (χ0n) is 22.8. The molecule has 0 unspecified atom stereocenters. The molecule has 2 aromatic rings. The van der Waals surface area contributed by atoms with Crippen molar-refractivity contribution in [2.24, 2.45) is 0 Å². The average molecular weight is 486 g/mol. The first kappa shape index (κ1) is 28.9. The summed E-state index contributed by atoms with van der Waals surface area (Å²) in [6.07, 6.45) is 4.95. The molecule has 0 fully saturated rings. The van der Waals surface area contributed by atoms with Gasteiger partial charge in [0.05, 0.1) is 17.6 Å². The third-order valence-electron chi connectivity index (χ3n) is 6.33. The van der Waals surface area contributed by atoms with E-state index in [2.05, 4.69) is 79.1 Å². The molecule has 0 aliphatic carbocycles. The third-order valence-corrected chi connectivity index (χ3v) is 6.33. The van der Waals surface area contributed by atoms with Gasteiger partial charge in [-0.2, -0.15) is 0 Å². The number of benzene rings is 1. The van der Waals surface area contributed by atoms with Crippen LogP contribution >= 0.6 is 0 Å². The molecule has 0 aliphatic rings. The summed E-state index contributed by atoms with van der Waals surface area (Å²) in [5.74, 6) is 0.936. The summed E-state index contributed by atoms with van der Waals surface area (Å²) in [7, 11) is 2.14. The molecular formula is C28H47N5O2. The summed E-state index contributed by atoms with van der Waals surface area (Å²) in [4.78, 5) is 7.16. The molecule has 0 bridgehead atoms. The molecule has 1 aromatic carbocycles. The molecule has 196 valence electrons. The molecule has 0 saturated carbocycles. The van der Waals surface area contributed by atoms with Gasteiger partial charge in [-0.1, -0.05) is 18.6 Å². The van der Waals surface area contributed by atoms with Gasteiger partial charge in [-0.15, -0.1) is 0 Å². The highest BCUT2D eigenvalue weighted by atomic mass is 16.5. The van der Waals surface area contributed by atoms with E-state index in [1.54, 1.807) is 0 Å². The average Bonchev–Trinajstić information content (AvgIpc) is 3.21. The minimum absolute atomic E-state index is 0.164. The second kappa shape index (κ2) is 15.6. The molecular weight excluding hydrogens is 438 g/mol. The summed E-state index contributed by atoms with van der Waals surface area (Å²) >= 11 is 0. The van der Waals surface area contributed by atoms with E-state index >= 15 is 0 Å². The van der Waals surface area contributed by atoms with Crippen LogP contribution in [0.15, 0.2) is 41.1 Å². The predicted molar refractivity (Wildman–Crippen MR) is 148 cm³/mol. The Labute approximate surface area is 212 Å². The lowest BCUT2D eigenvalue weighted by atomic mass is 10.1. The third kappa shape index (κ3) is 9.32. The normalized spacial score (nSPS) is 13.0. The van der Waals surface area contributed by atoms with Crippen molar-refractivity contribution in [2.45, 2.75) is 67.0 Å². The number of hydrogen-bond acceptors (Lipinski definition) is 6. The second-order valence-electron chi connectivity index (χ2n) is 9.15. The number of hydrogen-bond donors (Lipinski definition) is 3. The van der Waals surface area contributed by atoms with Gasteiger partial charge >= 0.3 is 0 Å². The summed E-state index contributed by atoms with van der Waals surface area (Å²) < 4.78 is 7.69. The first-order valence-electron chi connectivity index (χ1n) is 13.1. The number of rotatable bonds is 17. The van der Waals surface area contributed by atoms with Gasteiger partial charge < -0.3 is 29.9 Å². The van der Waals surface area contributed by atoms with Gasteiger partial charge in [0.2, 0.25) is 5.95 Å². The maximum Gasteiger partial charge on any atom is 0.203 e. The quantitative estimate of drug-likeness (QED) is 0.218. The van der Waals surface area contributed by atoms with Gasteiger partial charge in [-0.25, -0.2) is 4.98 Å². The number of imidazole rings is 1. The van der Waals surface area contributed by atoms with Crippen molar-refractivity contribution in [3.05, 3.63) is 46.7 Å². The van der Waals surface area contributed by atoms with Crippen LogP contribution in [0.1, 0.15) is 59.4 Å². The Bertz CT molecular complexity index is 964. The number of aryl methyl sites for hydroxylation is 1. The fourth-order valence-corrected chi connectivity index (χ4v) is 3.93. The highest BCUT2D eigenvalue weighted by Crippen LogP contribution is 2.22. The van der Waals surface area contributed by atoms with Gasteiger partial charge in [0.25, 0.3) is 0 Å². The predicted octanol–water partition coefficient (Wildman–Crippen LogP) is 4.93. The minimum Gasteiger partial charge on any atom is -0.396 e. The zero-order valence-corrected chi connectivity index (χ0v) is 22.8. The van der Waals surface area contributed by atoms with Gasteiger partial charge in [-0.05, 0) is 89.9 Å². The fraction of sp³-hybridized carbons (Fsp3) is 0.607. The number of likely N-dealkylation sites (N-methyl/N-ethyl adjacent to an activating group) is 1. The van der Waals surface area contributed by atoms with E-state index in [1.807, 2.05) is 6.92 Å². The number of nitrogens with one attached hydrogen (secondary N) is 2. The number of aliphatic hydroxyl groups excluding tert-OH is 1. The van der Waals surface area contributed by atoms with E-state index in [1.165, 1.54) is 16.7 Å². The number of fused-ring (bicyclic) bond motifs is 1. The molecule has 35 heavy (non-hydrogen) atoms. The molecule has 3 N–H and O–H groups in total. The lowest BCUT2D eigenvalue weighted by Crippen LogP contribution is -2.26. The van der Waals surface area contributed by atoms with Crippen LogP contribution in [0.5, 0.6) is 0 Å². The Kier molecular flexibility index (Phi) is 12.9. The Morgan fingerprint density at radius 1 is 1.20 bits per heavy atom. The molecule has 1 aromatic heterocycles. The summed E-state index contributed by atoms with van der Waals surface area (Å²) in [6.45, 7) is 16.8. The van der Waals surface area contributed by atoms with Gasteiger partial charge in [0, 0.05) is 45.1 Å². The van der Waals surface area contributed by atoms with Crippen LogP contribution in [0.25, 0.3) is 11.0 Å². The van der Waals surface area contributed by atoms with Crippen molar-refractivity contribution in [1.29, 1.82) is 0 Å². The van der Waals surface area contributed by atoms with Gasteiger partial charge in [-0.3, -0.25) is 0 Å². The first-order chi connectivity index (χ1) is 16.9. The summed E-state index contributed by atoms with van der Waals surface area (Å²) in [6, 6.07) is 6.50. The number of anilines is 1. The molecule has 0 radical (unpaired) electrons. The molecule has 0 saturated heterocycles. The molecule has 2 rings (SSSR count). The van der Waals surface area contributed by atoms with Crippen LogP contribution in [-0.2, 0) is 17.8 Å². The van der Waals surface area contributed by atoms with Gasteiger partial charge in [0.15, 0.2) is 0 Å². The van der Waals surface area contributed by atoms with Crippen molar-refractivity contribution >= 4 is 17.0 Å². The number of nitrogens with zero attached hydrogens (tertiary/aromatic N) is 3. The van der Waals surface area contributed by atoms with E-state index in [-0.39, 0.29) is 6.61 Å². The minimum atomic E-state index is 0.164. The van der Waals surface area contributed by atoms with E-state index in [9.17, 15) is 5.11 Å². The number of aliphatic hydroxyl groups is 1. The van der Waals surface area contributed by atoms with Gasteiger partial charge in [0.1, 0.15) is 0 Å². The van der Waals surface area contributed by atoms with Crippen molar-refractivity contribution in [2.75, 3.05) is 51.8 Å².